The number of ether oxygens (including phenoxy) is 3. The number of halogens is 1. The molecular formula is C16H14ClNO5. The van der Waals surface area contributed by atoms with Gasteiger partial charge in [-0.3, -0.25) is 10.1 Å². The van der Waals surface area contributed by atoms with E-state index in [0.717, 1.165) is 5.56 Å². The normalized spacial score (nSPS) is 16.0. The van der Waals surface area contributed by atoms with Crippen molar-refractivity contribution < 1.29 is 19.1 Å². The minimum absolute atomic E-state index is 0.0211. The van der Waals surface area contributed by atoms with Crippen LogP contribution in [0.15, 0.2) is 42.5 Å². The SMILES string of the molecule is O=[N+]([O-])c1cc(Cl)cc(OCc2ccccc2)c1OC[C@H]1CO1. The summed E-state index contributed by atoms with van der Waals surface area (Å²) in [5, 5.41) is 11.5. The highest BCUT2D eigenvalue weighted by atomic mass is 35.5. The van der Waals surface area contributed by atoms with Gasteiger partial charge in [-0.05, 0) is 5.56 Å². The monoisotopic (exact) mass is 335 g/mol. The molecule has 23 heavy (non-hydrogen) atoms. The van der Waals surface area contributed by atoms with Gasteiger partial charge in [-0.25, -0.2) is 0 Å². The molecule has 0 N–H and O–H groups in total. The van der Waals surface area contributed by atoms with E-state index in [4.69, 9.17) is 25.8 Å². The van der Waals surface area contributed by atoms with Crippen molar-refractivity contribution in [3.05, 3.63) is 63.2 Å². The smallest absolute Gasteiger partial charge is 0.316 e. The molecule has 0 amide bonds. The van der Waals surface area contributed by atoms with Crippen LogP contribution in [0.1, 0.15) is 5.56 Å². The molecule has 3 rings (SSSR count). The van der Waals surface area contributed by atoms with Gasteiger partial charge in [0.15, 0.2) is 5.75 Å². The van der Waals surface area contributed by atoms with Crippen molar-refractivity contribution in [3.63, 3.8) is 0 Å². The van der Waals surface area contributed by atoms with Gasteiger partial charge in [0.1, 0.15) is 19.3 Å². The Balaban J connectivity index is 1.84. The third kappa shape index (κ3) is 4.12. The quantitative estimate of drug-likeness (QED) is 0.439. The number of hydrogen-bond donors (Lipinski definition) is 0. The Hall–Kier alpha value is -2.31. The topological polar surface area (TPSA) is 74.1 Å². The highest BCUT2D eigenvalue weighted by molar-refractivity contribution is 6.31. The zero-order chi connectivity index (χ0) is 16.2. The molecular weight excluding hydrogens is 322 g/mol. The van der Waals surface area contributed by atoms with Crippen LogP contribution in [0.25, 0.3) is 0 Å². The molecule has 1 aliphatic rings. The van der Waals surface area contributed by atoms with E-state index in [1.807, 2.05) is 30.3 Å². The number of nitro groups is 1. The summed E-state index contributed by atoms with van der Waals surface area (Å²) < 4.78 is 16.3. The van der Waals surface area contributed by atoms with Crippen molar-refractivity contribution in [1.29, 1.82) is 0 Å². The zero-order valence-electron chi connectivity index (χ0n) is 12.1. The van der Waals surface area contributed by atoms with Crippen LogP contribution in [-0.4, -0.2) is 24.2 Å². The maximum Gasteiger partial charge on any atom is 0.316 e. The van der Waals surface area contributed by atoms with Gasteiger partial charge < -0.3 is 14.2 Å². The van der Waals surface area contributed by atoms with Gasteiger partial charge in [0.25, 0.3) is 0 Å². The van der Waals surface area contributed by atoms with Crippen LogP contribution in [-0.2, 0) is 11.3 Å². The van der Waals surface area contributed by atoms with Crippen molar-refractivity contribution in [2.24, 2.45) is 0 Å². The van der Waals surface area contributed by atoms with Gasteiger partial charge in [-0.1, -0.05) is 41.9 Å². The summed E-state index contributed by atoms with van der Waals surface area (Å²) in [6.45, 7) is 1.10. The van der Waals surface area contributed by atoms with Crippen LogP contribution in [0.4, 0.5) is 5.69 Å². The maximum atomic E-state index is 11.2. The average Bonchev–Trinajstić information content (AvgIpc) is 3.36. The summed E-state index contributed by atoms with van der Waals surface area (Å²) in [5.74, 6) is 0.319. The molecule has 1 aliphatic heterocycles. The van der Waals surface area contributed by atoms with Gasteiger partial charge in [-0.2, -0.15) is 0 Å². The molecule has 2 aromatic rings. The molecule has 1 fully saturated rings. The number of rotatable bonds is 7. The summed E-state index contributed by atoms with van der Waals surface area (Å²) in [7, 11) is 0. The first-order valence-electron chi connectivity index (χ1n) is 7.02. The number of hydrogen-bond acceptors (Lipinski definition) is 5. The summed E-state index contributed by atoms with van der Waals surface area (Å²) >= 11 is 5.96. The Morgan fingerprint density at radius 2 is 2.00 bits per heavy atom. The van der Waals surface area contributed by atoms with Crippen molar-refractivity contribution in [2.75, 3.05) is 13.2 Å². The van der Waals surface area contributed by atoms with Gasteiger partial charge in [0.2, 0.25) is 5.75 Å². The van der Waals surface area contributed by atoms with Gasteiger partial charge in [0, 0.05) is 12.1 Å². The fourth-order valence-corrected chi connectivity index (χ4v) is 2.22. The second-order valence-corrected chi connectivity index (χ2v) is 5.49. The van der Waals surface area contributed by atoms with Crippen LogP contribution in [0, 0.1) is 10.1 Å². The highest BCUT2D eigenvalue weighted by Crippen LogP contribution is 2.40. The molecule has 120 valence electrons. The molecule has 6 nitrogen and oxygen atoms in total. The first-order valence-corrected chi connectivity index (χ1v) is 7.40. The minimum Gasteiger partial charge on any atom is -0.485 e. The van der Waals surface area contributed by atoms with E-state index in [1.54, 1.807) is 0 Å². The highest BCUT2D eigenvalue weighted by Gasteiger charge is 2.28. The fourth-order valence-electron chi connectivity index (χ4n) is 2.02. The first kappa shape index (κ1) is 15.6. The Bertz CT molecular complexity index is 703. The van der Waals surface area contributed by atoms with Crippen molar-refractivity contribution >= 4 is 17.3 Å². The lowest BCUT2D eigenvalue weighted by Crippen LogP contribution is -2.08. The summed E-state index contributed by atoms with van der Waals surface area (Å²) in [6.07, 6.45) is -0.0211. The van der Waals surface area contributed by atoms with E-state index in [-0.39, 0.29) is 41.5 Å². The molecule has 1 heterocycles. The van der Waals surface area contributed by atoms with E-state index < -0.39 is 4.92 Å². The summed E-state index contributed by atoms with van der Waals surface area (Å²) in [6, 6.07) is 12.2. The second kappa shape index (κ2) is 6.85. The molecule has 2 aromatic carbocycles. The van der Waals surface area contributed by atoms with Crippen LogP contribution in [0.3, 0.4) is 0 Å². The van der Waals surface area contributed by atoms with Crippen LogP contribution in [0.5, 0.6) is 11.5 Å². The molecule has 0 saturated carbocycles. The Morgan fingerprint density at radius 1 is 1.26 bits per heavy atom. The standard InChI is InChI=1S/C16H14ClNO5/c17-12-6-14(18(19)20)16(23-10-13-9-21-13)15(7-12)22-8-11-4-2-1-3-5-11/h1-7,13H,8-10H2/t13-/m1/s1. The predicted molar refractivity (Wildman–Crippen MR) is 84.1 cm³/mol. The maximum absolute atomic E-state index is 11.2. The molecule has 0 aromatic heterocycles. The fraction of sp³-hybridized carbons (Fsp3) is 0.250. The van der Waals surface area contributed by atoms with E-state index >= 15 is 0 Å². The van der Waals surface area contributed by atoms with E-state index in [9.17, 15) is 10.1 Å². The third-order valence-corrected chi connectivity index (χ3v) is 3.47. The average molecular weight is 336 g/mol. The summed E-state index contributed by atoms with van der Waals surface area (Å²) in [5.41, 5.74) is 0.716. The minimum atomic E-state index is -0.537. The van der Waals surface area contributed by atoms with Crippen molar-refractivity contribution in [2.45, 2.75) is 12.7 Å². The predicted octanol–water partition coefficient (Wildman–Crippen LogP) is 3.60. The van der Waals surface area contributed by atoms with E-state index in [2.05, 4.69) is 0 Å². The molecule has 1 saturated heterocycles. The first-order chi connectivity index (χ1) is 11.1. The van der Waals surface area contributed by atoms with Gasteiger partial charge in [0.05, 0.1) is 16.6 Å². The number of nitro benzene ring substituents is 1. The Labute approximate surface area is 137 Å². The van der Waals surface area contributed by atoms with E-state index in [1.165, 1.54) is 12.1 Å². The zero-order valence-corrected chi connectivity index (χ0v) is 12.9. The largest absolute Gasteiger partial charge is 0.485 e. The Morgan fingerprint density at radius 3 is 2.65 bits per heavy atom. The molecule has 7 heteroatoms. The number of benzene rings is 2. The number of nitrogens with zero attached hydrogens (tertiary/aromatic N) is 1. The summed E-state index contributed by atoms with van der Waals surface area (Å²) in [4.78, 5) is 10.7. The second-order valence-electron chi connectivity index (χ2n) is 5.05. The molecule has 0 radical (unpaired) electrons. The molecule has 0 aliphatic carbocycles. The van der Waals surface area contributed by atoms with Gasteiger partial charge >= 0.3 is 5.69 Å². The van der Waals surface area contributed by atoms with Gasteiger partial charge in [-0.15, -0.1) is 0 Å². The third-order valence-electron chi connectivity index (χ3n) is 3.25. The molecule has 1 atom stereocenters. The van der Waals surface area contributed by atoms with Crippen LogP contribution >= 0.6 is 11.6 Å². The Kier molecular flexibility index (Phi) is 4.64. The molecule has 0 spiro atoms. The lowest BCUT2D eigenvalue weighted by atomic mass is 10.2. The lowest BCUT2D eigenvalue weighted by molar-refractivity contribution is -0.386. The lowest BCUT2D eigenvalue weighted by Gasteiger charge is -2.13. The van der Waals surface area contributed by atoms with E-state index in [0.29, 0.717) is 6.61 Å². The molecule has 0 bridgehead atoms. The van der Waals surface area contributed by atoms with Crippen molar-refractivity contribution in [3.8, 4) is 11.5 Å². The van der Waals surface area contributed by atoms with Crippen LogP contribution < -0.4 is 9.47 Å². The number of epoxide rings is 1. The molecule has 0 unspecified atom stereocenters. The van der Waals surface area contributed by atoms with Crippen LogP contribution in [0.2, 0.25) is 5.02 Å². The van der Waals surface area contributed by atoms with Crippen molar-refractivity contribution in [1.82, 2.24) is 0 Å².